The van der Waals surface area contributed by atoms with Crippen LogP contribution in [0, 0.1) is 0 Å². The normalized spacial score (nSPS) is 11.4. The second-order valence-electron chi connectivity index (χ2n) is 6.33. The first-order valence-corrected chi connectivity index (χ1v) is 8.78. The summed E-state index contributed by atoms with van der Waals surface area (Å²) < 4.78 is 43.7. The number of halogens is 4. The fourth-order valence-electron chi connectivity index (χ4n) is 2.54. The van der Waals surface area contributed by atoms with Crippen LogP contribution < -0.4 is 5.32 Å². The summed E-state index contributed by atoms with van der Waals surface area (Å²) in [5, 5.41) is 7.16. The summed E-state index contributed by atoms with van der Waals surface area (Å²) in [6.45, 7) is 0.0556. The minimum atomic E-state index is -4.47. The first-order valence-electron chi connectivity index (χ1n) is 8.40. The molecule has 0 saturated carbocycles. The van der Waals surface area contributed by atoms with E-state index in [1.807, 2.05) is 0 Å². The maximum Gasteiger partial charge on any atom is 0.416 e. The van der Waals surface area contributed by atoms with Gasteiger partial charge in [0.15, 0.2) is 0 Å². The summed E-state index contributed by atoms with van der Waals surface area (Å²) in [7, 11) is 3.25. The lowest BCUT2D eigenvalue weighted by Gasteiger charge is -2.15. The molecule has 0 fully saturated rings. The molecular formula is C19H16ClF3N4O2. The first-order chi connectivity index (χ1) is 13.6. The highest BCUT2D eigenvalue weighted by Crippen LogP contribution is 2.31. The van der Waals surface area contributed by atoms with Crippen LogP contribution in [0.4, 0.5) is 18.9 Å². The van der Waals surface area contributed by atoms with E-state index in [0.717, 1.165) is 12.1 Å². The molecule has 0 aliphatic heterocycles. The number of hydrogen-bond acceptors (Lipinski definition) is 5. The Labute approximate surface area is 169 Å². The van der Waals surface area contributed by atoms with Crippen molar-refractivity contribution >= 4 is 23.2 Å². The van der Waals surface area contributed by atoms with Crippen molar-refractivity contribution in [3.8, 4) is 11.4 Å². The second kappa shape index (κ2) is 8.12. The van der Waals surface area contributed by atoms with Crippen molar-refractivity contribution in [2.24, 2.45) is 0 Å². The maximum absolute atomic E-state index is 12.9. The highest BCUT2D eigenvalue weighted by Gasteiger charge is 2.30. The van der Waals surface area contributed by atoms with Crippen molar-refractivity contribution in [3.63, 3.8) is 0 Å². The lowest BCUT2D eigenvalue weighted by Crippen LogP contribution is -2.23. The molecule has 29 heavy (non-hydrogen) atoms. The standard InChI is InChI=1S/C19H16ClF3N4O2/c1-27(2)18(28)14-7-6-13(20)9-15(14)24-10-16-25-17(26-29-16)11-4-3-5-12(8-11)19(21,22)23/h3-9,24H,10H2,1-2H3. The number of carbonyl (C=O) groups is 1. The number of nitrogens with zero attached hydrogens (tertiary/aromatic N) is 3. The molecule has 0 bridgehead atoms. The molecule has 0 aliphatic rings. The second-order valence-corrected chi connectivity index (χ2v) is 6.77. The third-order valence-electron chi connectivity index (χ3n) is 3.96. The van der Waals surface area contributed by atoms with Crippen molar-refractivity contribution < 1.29 is 22.5 Å². The van der Waals surface area contributed by atoms with Gasteiger partial charge in [-0.3, -0.25) is 4.79 Å². The molecule has 0 aliphatic carbocycles. The molecule has 2 aromatic carbocycles. The van der Waals surface area contributed by atoms with Gasteiger partial charge in [-0.25, -0.2) is 0 Å². The van der Waals surface area contributed by atoms with Crippen LogP contribution in [0.5, 0.6) is 0 Å². The van der Waals surface area contributed by atoms with Gasteiger partial charge in [0.05, 0.1) is 17.7 Å². The molecule has 0 radical (unpaired) electrons. The summed E-state index contributed by atoms with van der Waals surface area (Å²) in [4.78, 5) is 17.8. The summed E-state index contributed by atoms with van der Waals surface area (Å²) in [5.41, 5.74) is 0.248. The lowest BCUT2D eigenvalue weighted by molar-refractivity contribution is -0.137. The fourth-order valence-corrected chi connectivity index (χ4v) is 2.71. The van der Waals surface area contributed by atoms with Crippen molar-refractivity contribution in [1.29, 1.82) is 0 Å². The first kappa shape index (κ1) is 20.7. The largest absolute Gasteiger partial charge is 0.416 e. The summed E-state index contributed by atoms with van der Waals surface area (Å²) in [6, 6.07) is 9.43. The molecule has 0 saturated heterocycles. The topological polar surface area (TPSA) is 71.3 Å². The van der Waals surface area contributed by atoms with Crippen LogP contribution in [-0.2, 0) is 12.7 Å². The number of hydrogen-bond donors (Lipinski definition) is 1. The van der Waals surface area contributed by atoms with Crippen molar-refractivity contribution in [2.45, 2.75) is 12.7 Å². The molecule has 1 N–H and O–H groups in total. The van der Waals surface area contributed by atoms with Crippen molar-refractivity contribution in [2.75, 3.05) is 19.4 Å². The average Bonchev–Trinajstić information content (AvgIpc) is 3.14. The van der Waals surface area contributed by atoms with Gasteiger partial charge in [-0.2, -0.15) is 18.2 Å². The number of nitrogens with one attached hydrogen (secondary N) is 1. The van der Waals surface area contributed by atoms with Crippen LogP contribution in [0.2, 0.25) is 5.02 Å². The fraction of sp³-hybridized carbons (Fsp3) is 0.211. The molecular weight excluding hydrogens is 409 g/mol. The summed E-state index contributed by atoms with van der Waals surface area (Å²) in [5.74, 6) is -0.0522. The number of carbonyl (C=O) groups excluding carboxylic acids is 1. The minimum absolute atomic E-state index is 0.0311. The van der Waals surface area contributed by atoms with Gasteiger partial charge in [0.25, 0.3) is 5.91 Å². The van der Waals surface area contributed by atoms with Crippen LogP contribution >= 0.6 is 11.6 Å². The number of rotatable bonds is 5. The van der Waals surface area contributed by atoms with Gasteiger partial charge in [0.2, 0.25) is 11.7 Å². The van der Waals surface area contributed by atoms with Gasteiger partial charge in [-0.05, 0) is 30.3 Å². The molecule has 0 atom stereocenters. The van der Waals surface area contributed by atoms with Crippen LogP contribution in [0.1, 0.15) is 21.8 Å². The summed E-state index contributed by atoms with van der Waals surface area (Å²) in [6.07, 6.45) is -4.47. The molecule has 0 spiro atoms. The lowest BCUT2D eigenvalue weighted by atomic mass is 10.1. The third-order valence-corrected chi connectivity index (χ3v) is 4.20. The highest BCUT2D eigenvalue weighted by atomic mass is 35.5. The van der Waals surface area contributed by atoms with E-state index in [9.17, 15) is 18.0 Å². The van der Waals surface area contributed by atoms with Crippen molar-refractivity contribution in [1.82, 2.24) is 15.0 Å². The Morgan fingerprint density at radius 3 is 2.66 bits per heavy atom. The molecule has 6 nitrogen and oxygen atoms in total. The Morgan fingerprint density at radius 1 is 1.21 bits per heavy atom. The predicted octanol–water partition coefficient (Wildman–Crippen LogP) is 4.72. The molecule has 1 heterocycles. The molecule has 3 rings (SSSR count). The Hall–Kier alpha value is -3.07. The Bertz CT molecular complexity index is 1030. The Balaban J connectivity index is 1.79. The van der Waals surface area contributed by atoms with Gasteiger partial charge in [0.1, 0.15) is 0 Å². The van der Waals surface area contributed by atoms with E-state index in [0.29, 0.717) is 16.3 Å². The van der Waals surface area contributed by atoms with Crippen LogP contribution in [0.15, 0.2) is 47.0 Å². The third kappa shape index (κ3) is 4.86. The van der Waals surface area contributed by atoms with E-state index >= 15 is 0 Å². The highest BCUT2D eigenvalue weighted by molar-refractivity contribution is 6.31. The SMILES string of the molecule is CN(C)C(=O)c1ccc(Cl)cc1NCc1nc(-c2cccc(C(F)(F)F)c2)no1. The van der Waals surface area contributed by atoms with Gasteiger partial charge in [-0.1, -0.05) is 28.9 Å². The molecule has 3 aromatic rings. The van der Waals surface area contributed by atoms with Gasteiger partial charge < -0.3 is 14.7 Å². The minimum Gasteiger partial charge on any atom is -0.375 e. The Morgan fingerprint density at radius 2 is 1.97 bits per heavy atom. The van der Waals surface area contributed by atoms with Crippen molar-refractivity contribution in [3.05, 3.63) is 64.5 Å². The molecule has 152 valence electrons. The zero-order valence-electron chi connectivity index (χ0n) is 15.4. The molecule has 0 unspecified atom stereocenters. The number of aromatic nitrogens is 2. The monoisotopic (exact) mass is 424 g/mol. The summed E-state index contributed by atoms with van der Waals surface area (Å²) >= 11 is 6.01. The number of amides is 1. The average molecular weight is 425 g/mol. The van der Waals surface area contributed by atoms with Crippen LogP contribution in [0.25, 0.3) is 11.4 Å². The number of alkyl halides is 3. The van der Waals surface area contributed by atoms with Gasteiger partial charge in [-0.15, -0.1) is 0 Å². The quantitative estimate of drug-likeness (QED) is 0.641. The van der Waals surface area contributed by atoms with E-state index in [4.69, 9.17) is 16.1 Å². The molecule has 1 aromatic heterocycles. The van der Waals surface area contributed by atoms with Crippen LogP contribution in [-0.4, -0.2) is 35.0 Å². The zero-order valence-corrected chi connectivity index (χ0v) is 16.2. The molecule has 1 amide bonds. The van der Waals surface area contributed by atoms with E-state index in [-0.39, 0.29) is 29.7 Å². The Kier molecular flexibility index (Phi) is 5.78. The van der Waals surface area contributed by atoms with Gasteiger partial charge >= 0.3 is 6.18 Å². The van der Waals surface area contributed by atoms with Gasteiger partial charge in [0, 0.05) is 30.4 Å². The van der Waals surface area contributed by atoms with Crippen LogP contribution in [0.3, 0.4) is 0 Å². The molecule has 10 heteroatoms. The predicted molar refractivity (Wildman–Crippen MR) is 102 cm³/mol. The number of benzene rings is 2. The maximum atomic E-state index is 12.9. The smallest absolute Gasteiger partial charge is 0.375 e. The van der Waals surface area contributed by atoms with E-state index in [1.54, 1.807) is 32.3 Å². The number of anilines is 1. The zero-order chi connectivity index (χ0) is 21.2. The van der Waals surface area contributed by atoms with E-state index in [1.165, 1.54) is 17.0 Å². The van der Waals surface area contributed by atoms with E-state index < -0.39 is 11.7 Å². The van der Waals surface area contributed by atoms with E-state index in [2.05, 4.69) is 15.5 Å².